The molecule has 0 unspecified atom stereocenters. The van der Waals surface area contributed by atoms with Gasteiger partial charge in [0.2, 0.25) is 11.7 Å². The smallest absolute Gasteiger partial charge is 0.234 e. The fourth-order valence-corrected chi connectivity index (χ4v) is 3.04. The van der Waals surface area contributed by atoms with Crippen molar-refractivity contribution in [3.05, 3.63) is 11.7 Å². The van der Waals surface area contributed by atoms with Crippen molar-refractivity contribution in [2.45, 2.75) is 71.3 Å². The number of nitrogens with zero attached hydrogens (tertiary/aromatic N) is 2. The molecular formula is C16H26N2O3. The van der Waals surface area contributed by atoms with Gasteiger partial charge in [0.25, 0.3) is 0 Å². The number of ketones is 1. The van der Waals surface area contributed by atoms with Gasteiger partial charge in [-0.05, 0) is 25.7 Å². The number of carbonyl (C=O) groups is 1. The topological polar surface area (TPSA) is 65.2 Å². The van der Waals surface area contributed by atoms with Crippen molar-refractivity contribution in [2.24, 2.45) is 5.92 Å². The monoisotopic (exact) mass is 294 g/mol. The molecule has 5 nitrogen and oxygen atoms in total. The number of Topliss-reactive ketones (excluding diaryl/α,β-unsaturated/α-hetero) is 1. The molecule has 1 heterocycles. The maximum Gasteiger partial charge on any atom is 0.234 e. The van der Waals surface area contributed by atoms with Crippen LogP contribution in [0.4, 0.5) is 0 Å². The number of ether oxygens (including phenoxy) is 1. The Hall–Kier alpha value is -1.23. The number of hydrogen-bond acceptors (Lipinski definition) is 5. The van der Waals surface area contributed by atoms with E-state index >= 15 is 0 Å². The lowest BCUT2D eigenvalue weighted by atomic mass is 9.84. The van der Waals surface area contributed by atoms with E-state index in [1.165, 1.54) is 6.42 Å². The van der Waals surface area contributed by atoms with Crippen LogP contribution >= 0.6 is 0 Å². The second-order valence-corrected chi connectivity index (χ2v) is 6.31. The van der Waals surface area contributed by atoms with Crippen LogP contribution in [0, 0.1) is 5.92 Å². The van der Waals surface area contributed by atoms with Crippen LogP contribution in [0.3, 0.4) is 0 Å². The van der Waals surface area contributed by atoms with Gasteiger partial charge in [-0.2, -0.15) is 4.98 Å². The highest BCUT2D eigenvalue weighted by Gasteiger charge is 2.39. The van der Waals surface area contributed by atoms with Crippen molar-refractivity contribution in [1.29, 1.82) is 0 Å². The van der Waals surface area contributed by atoms with Crippen molar-refractivity contribution in [2.75, 3.05) is 6.61 Å². The number of aromatic nitrogens is 2. The first-order valence-electron chi connectivity index (χ1n) is 8.04. The summed E-state index contributed by atoms with van der Waals surface area (Å²) in [6.07, 6.45) is 6.11. The molecule has 2 rings (SSSR count). The molecule has 0 spiro atoms. The van der Waals surface area contributed by atoms with E-state index in [1.807, 2.05) is 20.8 Å². The normalized spacial score (nSPS) is 18.1. The van der Waals surface area contributed by atoms with E-state index in [2.05, 4.69) is 10.1 Å². The van der Waals surface area contributed by atoms with Crippen LogP contribution in [-0.2, 0) is 21.6 Å². The maximum absolute atomic E-state index is 11.9. The van der Waals surface area contributed by atoms with Gasteiger partial charge >= 0.3 is 0 Å². The van der Waals surface area contributed by atoms with Crippen LogP contribution in [0.15, 0.2) is 4.52 Å². The van der Waals surface area contributed by atoms with Crippen LogP contribution in [0.5, 0.6) is 0 Å². The minimum atomic E-state index is -0.407. The largest absolute Gasteiger partial charge is 0.367 e. The van der Waals surface area contributed by atoms with Gasteiger partial charge in [-0.1, -0.05) is 38.3 Å². The van der Waals surface area contributed by atoms with Gasteiger partial charge in [0.05, 0.1) is 6.42 Å². The second kappa shape index (κ2) is 7.16. The molecule has 0 amide bonds. The van der Waals surface area contributed by atoms with Gasteiger partial charge in [-0.15, -0.1) is 0 Å². The third kappa shape index (κ3) is 4.13. The molecule has 1 aliphatic carbocycles. The van der Waals surface area contributed by atoms with E-state index in [-0.39, 0.29) is 12.2 Å². The van der Waals surface area contributed by atoms with Crippen LogP contribution in [0.2, 0.25) is 0 Å². The average Bonchev–Trinajstić information content (AvgIpc) is 2.88. The van der Waals surface area contributed by atoms with E-state index in [1.54, 1.807) is 0 Å². The van der Waals surface area contributed by atoms with Crippen LogP contribution < -0.4 is 0 Å². The molecule has 1 aromatic heterocycles. The summed E-state index contributed by atoms with van der Waals surface area (Å²) in [5, 5.41) is 4.10. The lowest BCUT2D eigenvalue weighted by Gasteiger charge is -2.33. The van der Waals surface area contributed by atoms with Crippen LogP contribution in [0.1, 0.15) is 71.0 Å². The lowest BCUT2D eigenvalue weighted by Crippen LogP contribution is -2.33. The van der Waals surface area contributed by atoms with Crippen LogP contribution in [-0.4, -0.2) is 22.5 Å². The van der Waals surface area contributed by atoms with E-state index in [9.17, 15) is 4.79 Å². The minimum absolute atomic E-state index is 0.148. The molecule has 0 atom stereocenters. The van der Waals surface area contributed by atoms with Crippen LogP contribution in [0.25, 0.3) is 0 Å². The average molecular weight is 294 g/mol. The highest BCUT2D eigenvalue weighted by molar-refractivity contribution is 5.80. The summed E-state index contributed by atoms with van der Waals surface area (Å²) in [7, 11) is 0. The van der Waals surface area contributed by atoms with Crippen molar-refractivity contribution < 1.29 is 14.1 Å². The summed E-state index contributed by atoms with van der Waals surface area (Å²) >= 11 is 0. The highest BCUT2D eigenvalue weighted by atomic mass is 16.5. The number of hydrogen-bond donors (Lipinski definition) is 0. The number of rotatable bonds is 7. The van der Waals surface area contributed by atoms with Crippen molar-refractivity contribution in [3.8, 4) is 0 Å². The highest BCUT2D eigenvalue weighted by Crippen LogP contribution is 2.39. The Labute approximate surface area is 126 Å². The van der Waals surface area contributed by atoms with E-state index in [0.29, 0.717) is 30.7 Å². The molecule has 118 valence electrons. The molecule has 0 aliphatic heterocycles. The summed E-state index contributed by atoms with van der Waals surface area (Å²) in [6, 6.07) is 0. The van der Waals surface area contributed by atoms with E-state index in [0.717, 1.165) is 25.7 Å². The van der Waals surface area contributed by atoms with Gasteiger partial charge in [-0.3, -0.25) is 4.79 Å². The molecule has 1 saturated carbocycles. The molecule has 0 N–H and O–H groups in total. The summed E-state index contributed by atoms with van der Waals surface area (Å²) in [6.45, 7) is 6.69. The Bertz CT molecular complexity index is 456. The molecule has 21 heavy (non-hydrogen) atoms. The first-order valence-corrected chi connectivity index (χ1v) is 8.04. The molecular weight excluding hydrogens is 268 g/mol. The maximum atomic E-state index is 11.9. The lowest BCUT2D eigenvalue weighted by molar-refractivity contribution is -0.119. The van der Waals surface area contributed by atoms with Crippen molar-refractivity contribution >= 4 is 5.78 Å². The Morgan fingerprint density at radius 3 is 2.67 bits per heavy atom. The van der Waals surface area contributed by atoms with Crippen molar-refractivity contribution in [1.82, 2.24) is 10.1 Å². The molecule has 0 saturated heterocycles. The zero-order valence-electron chi connectivity index (χ0n) is 13.4. The third-order valence-corrected chi connectivity index (χ3v) is 3.94. The van der Waals surface area contributed by atoms with Gasteiger partial charge in [0, 0.05) is 13.0 Å². The Morgan fingerprint density at radius 1 is 1.33 bits per heavy atom. The van der Waals surface area contributed by atoms with E-state index < -0.39 is 5.60 Å². The SMILES string of the molecule is CCOC1(c2noc(CC(=O)CC(C)C)n2)CCCCC1. The first kappa shape index (κ1) is 16.1. The van der Waals surface area contributed by atoms with Gasteiger partial charge in [0.15, 0.2) is 0 Å². The van der Waals surface area contributed by atoms with Gasteiger partial charge in [-0.25, -0.2) is 0 Å². The molecule has 0 aromatic carbocycles. The standard InChI is InChI=1S/C16H26N2O3/c1-4-20-16(8-6-5-7-9-16)15-17-14(21-18-15)11-13(19)10-12(2)3/h12H,4-11H2,1-3H3. The Balaban J connectivity index is 2.08. The molecule has 0 radical (unpaired) electrons. The molecule has 0 bridgehead atoms. The molecule has 1 aliphatic rings. The zero-order valence-corrected chi connectivity index (χ0v) is 13.4. The Kier molecular flexibility index (Phi) is 5.51. The third-order valence-electron chi connectivity index (χ3n) is 3.94. The first-order chi connectivity index (χ1) is 10.1. The summed E-state index contributed by atoms with van der Waals surface area (Å²) < 4.78 is 11.2. The molecule has 1 aromatic rings. The fourth-order valence-electron chi connectivity index (χ4n) is 3.04. The van der Waals surface area contributed by atoms with Gasteiger partial charge < -0.3 is 9.26 Å². The quantitative estimate of drug-likeness (QED) is 0.771. The summed E-state index contributed by atoms with van der Waals surface area (Å²) in [5.74, 6) is 1.54. The molecule has 1 fully saturated rings. The van der Waals surface area contributed by atoms with E-state index in [4.69, 9.17) is 9.26 Å². The van der Waals surface area contributed by atoms with Gasteiger partial charge in [0.1, 0.15) is 11.4 Å². The summed E-state index contributed by atoms with van der Waals surface area (Å²) in [4.78, 5) is 16.3. The number of carbonyl (C=O) groups excluding carboxylic acids is 1. The van der Waals surface area contributed by atoms with Crippen molar-refractivity contribution in [3.63, 3.8) is 0 Å². The predicted octanol–water partition coefficient (Wildman–Crippen LogP) is 3.42. The fraction of sp³-hybridized carbons (Fsp3) is 0.812. The molecule has 5 heteroatoms. The summed E-state index contributed by atoms with van der Waals surface area (Å²) in [5.41, 5.74) is -0.407. The second-order valence-electron chi connectivity index (χ2n) is 6.31. The minimum Gasteiger partial charge on any atom is -0.367 e. The zero-order chi connectivity index (χ0) is 15.3. The Morgan fingerprint density at radius 2 is 2.05 bits per heavy atom. The predicted molar refractivity (Wildman–Crippen MR) is 78.9 cm³/mol.